The Hall–Kier alpha value is -3.68. The van der Waals surface area contributed by atoms with Crippen LogP contribution in [0.15, 0.2) is 59.5 Å². The Labute approximate surface area is 155 Å². The summed E-state index contributed by atoms with van der Waals surface area (Å²) < 4.78 is 1.76. The SMILES string of the molecule is Cc1cc(=O)[nH]c(NCCNc2cc(-c3ccccc3)nc3ccnn23)n1. The molecule has 8 heteroatoms. The minimum Gasteiger partial charge on any atom is -0.368 e. The first-order valence-electron chi connectivity index (χ1n) is 8.65. The summed E-state index contributed by atoms with van der Waals surface area (Å²) in [6, 6.07) is 15.3. The van der Waals surface area contributed by atoms with Gasteiger partial charge in [-0.15, -0.1) is 0 Å². The van der Waals surface area contributed by atoms with Crippen LogP contribution in [0.25, 0.3) is 16.9 Å². The Morgan fingerprint density at radius 2 is 1.85 bits per heavy atom. The molecule has 0 saturated carbocycles. The number of aromatic nitrogens is 5. The van der Waals surface area contributed by atoms with E-state index in [2.05, 4.69) is 30.7 Å². The average Bonchev–Trinajstić information content (AvgIpc) is 3.14. The fourth-order valence-electron chi connectivity index (χ4n) is 2.83. The summed E-state index contributed by atoms with van der Waals surface area (Å²) in [7, 11) is 0. The van der Waals surface area contributed by atoms with Gasteiger partial charge in [-0.25, -0.2) is 9.97 Å². The molecule has 0 saturated heterocycles. The van der Waals surface area contributed by atoms with Crippen molar-refractivity contribution in [2.75, 3.05) is 23.7 Å². The van der Waals surface area contributed by atoms with Crippen LogP contribution in [0.5, 0.6) is 0 Å². The molecule has 0 spiro atoms. The summed E-state index contributed by atoms with van der Waals surface area (Å²) in [4.78, 5) is 23.1. The second kappa shape index (κ2) is 7.28. The monoisotopic (exact) mass is 361 g/mol. The molecular weight excluding hydrogens is 342 g/mol. The maximum Gasteiger partial charge on any atom is 0.252 e. The topological polar surface area (TPSA) is 100 Å². The van der Waals surface area contributed by atoms with Gasteiger partial charge in [0.1, 0.15) is 5.82 Å². The summed E-state index contributed by atoms with van der Waals surface area (Å²) in [6.07, 6.45) is 1.72. The van der Waals surface area contributed by atoms with Crippen molar-refractivity contribution < 1.29 is 0 Å². The molecule has 136 valence electrons. The second-order valence-electron chi connectivity index (χ2n) is 6.08. The molecule has 4 rings (SSSR count). The highest BCUT2D eigenvalue weighted by atomic mass is 16.1. The van der Waals surface area contributed by atoms with Gasteiger partial charge >= 0.3 is 0 Å². The zero-order chi connectivity index (χ0) is 18.6. The zero-order valence-electron chi connectivity index (χ0n) is 14.8. The number of rotatable bonds is 6. The predicted molar refractivity (Wildman–Crippen MR) is 105 cm³/mol. The van der Waals surface area contributed by atoms with Gasteiger partial charge in [0, 0.05) is 42.5 Å². The van der Waals surface area contributed by atoms with Crippen LogP contribution in [0.3, 0.4) is 0 Å². The molecule has 0 fully saturated rings. The standard InChI is InChI=1S/C19H19N7O/c1-13-11-18(27)25-19(23-13)21-10-9-20-17-12-15(14-5-3-2-4-6-14)24-16-7-8-22-26(16)17/h2-8,11-12,20H,9-10H2,1H3,(H2,21,23,25,27). The third kappa shape index (κ3) is 3.79. The molecule has 4 aromatic rings. The molecule has 0 radical (unpaired) electrons. The van der Waals surface area contributed by atoms with E-state index in [0.717, 1.165) is 22.7 Å². The molecule has 3 N–H and O–H groups in total. The number of benzene rings is 1. The molecule has 0 aliphatic carbocycles. The van der Waals surface area contributed by atoms with Crippen LogP contribution in [0, 0.1) is 6.92 Å². The zero-order valence-corrected chi connectivity index (χ0v) is 14.8. The number of H-pyrrole nitrogens is 1. The minimum absolute atomic E-state index is 0.169. The van der Waals surface area contributed by atoms with E-state index in [1.54, 1.807) is 17.6 Å². The Morgan fingerprint density at radius 1 is 1.04 bits per heavy atom. The van der Waals surface area contributed by atoms with Crippen molar-refractivity contribution in [3.05, 3.63) is 70.8 Å². The van der Waals surface area contributed by atoms with Crippen molar-refractivity contribution >= 4 is 17.4 Å². The Kier molecular flexibility index (Phi) is 4.52. The quantitative estimate of drug-likeness (QED) is 0.456. The molecule has 1 aromatic carbocycles. The van der Waals surface area contributed by atoms with Crippen molar-refractivity contribution in [1.82, 2.24) is 24.6 Å². The average molecular weight is 361 g/mol. The maximum absolute atomic E-state index is 11.5. The molecule has 0 aliphatic rings. The Balaban J connectivity index is 1.50. The van der Waals surface area contributed by atoms with E-state index in [9.17, 15) is 4.79 Å². The van der Waals surface area contributed by atoms with E-state index in [0.29, 0.717) is 24.7 Å². The summed E-state index contributed by atoms with van der Waals surface area (Å²) in [6.45, 7) is 2.98. The highest BCUT2D eigenvalue weighted by molar-refractivity contribution is 5.66. The Bertz CT molecular complexity index is 1120. The highest BCUT2D eigenvalue weighted by Crippen LogP contribution is 2.21. The number of fused-ring (bicyclic) bond motifs is 1. The van der Waals surface area contributed by atoms with Crippen molar-refractivity contribution in [2.45, 2.75) is 6.92 Å². The van der Waals surface area contributed by atoms with E-state index < -0.39 is 0 Å². The van der Waals surface area contributed by atoms with E-state index >= 15 is 0 Å². The lowest BCUT2D eigenvalue weighted by molar-refractivity contribution is 0.920. The van der Waals surface area contributed by atoms with Crippen LogP contribution in [0.2, 0.25) is 0 Å². The van der Waals surface area contributed by atoms with Crippen LogP contribution < -0.4 is 16.2 Å². The highest BCUT2D eigenvalue weighted by Gasteiger charge is 2.08. The van der Waals surface area contributed by atoms with Crippen LogP contribution in [-0.4, -0.2) is 37.7 Å². The van der Waals surface area contributed by atoms with Gasteiger partial charge in [-0.2, -0.15) is 9.61 Å². The van der Waals surface area contributed by atoms with E-state index in [1.807, 2.05) is 42.5 Å². The lowest BCUT2D eigenvalue weighted by atomic mass is 10.1. The van der Waals surface area contributed by atoms with Gasteiger partial charge in [0.25, 0.3) is 5.56 Å². The molecule has 0 bridgehead atoms. The van der Waals surface area contributed by atoms with E-state index in [4.69, 9.17) is 0 Å². The van der Waals surface area contributed by atoms with Crippen molar-refractivity contribution in [3.63, 3.8) is 0 Å². The first-order chi connectivity index (χ1) is 13.2. The van der Waals surface area contributed by atoms with Crippen LogP contribution in [0.4, 0.5) is 11.8 Å². The summed E-state index contributed by atoms with van der Waals surface area (Å²) in [5, 5.41) is 10.8. The molecular formula is C19H19N7O. The number of nitrogens with one attached hydrogen (secondary N) is 3. The first-order valence-corrected chi connectivity index (χ1v) is 8.65. The van der Waals surface area contributed by atoms with Gasteiger partial charge in [0.2, 0.25) is 5.95 Å². The predicted octanol–water partition coefficient (Wildman–Crippen LogP) is 2.31. The second-order valence-corrected chi connectivity index (χ2v) is 6.08. The van der Waals surface area contributed by atoms with Gasteiger partial charge in [0.15, 0.2) is 5.65 Å². The number of hydrogen-bond donors (Lipinski definition) is 3. The van der Waals surface area contributed by atoms with Gasteiger partial charge in [-0.1, -0.05) is 30.3 Å². The van der Waals surface area contributed by atoms with E-state index in [-0.39, 0.29) is 5.56 Å². The van der Waals surface area contributed by atoms with Gasteiger partial charge in [-0.05, 0) is 6.92 Å². The van der Waals surface area contributed by atoms with Crippen LogP contribution in [-0.2, 0) is 0 Å². The van der Waals surface area contributed by atoms with Crippen molar-refractivity contribution in [1.29, 1.82) is 0 Å². The number of aromatic amines is 1. The number of aryl methyl sites for hydroxylation is 1. The molecule has 8 nitrogen and oxygen atoms in total. The molecule has 27 heavy (non-hydrogen) atoms. The number of nitrogens with zero attached hydrogens (tertiary/aromatic N) is 4. The molecule has 0 unspecified atom stereocenters. The summed E-state index contributed by atoms with van der Waals surface area (Å²) in [5.41, 5.74) is 3.20. The smallest absolute Gasteiger partial charge is 0.252 e. The maximum atomic E-state index is 11.5. The van der Waals surface area contributed by atoms with Crippen LogP contribution >= 0.6 is 0 Å². The largest absolute Gasteiger partial charge is 0.368 e. The summed E-state index contributed by atoms with van der Waals surface area (Å²) in [5.74, 6) is 1.31. The minimum atomic E-state index is -0.169. The first kappa shape index (κ1) is 16.8. The van der Waals surface area contributed by atoms with Crippen LogP contribution in [0.1, 0.15) is 5.69 Å². The normalized spacial score (nSPS) is 10.9. The summed E-state index contributed by atoms with van der Waals surface area (Å²) >= 11 is 0. The number of anilines is 2. The van der Waals surface area contributed by atoms with E-state index in [1.165, 1.54) is 6.07 Å². The van der Waals surface area contributed by atoms with Gasteiger partial charge < -0.3 is 10.6 Å². The van der Waals surface area contributed by atoms with Gasteiger partial charge in [-0.3, -0.25) is 9.78 Å². The molecule has 0 atom stereocenters. The lowest BCUT2D eigenvalue weighted by Gasteiger charge is -2.11. The molecule has 0 aliphatic heterocycles. The third-order valence-corrected chi connectivity index (χ3v) is 4.02. The molecule has 3 aromatic heterocycles. The fraction of sp³-hybridized carbons (Fsp3) is 0.158. The fourth-order valence-corrected chi connectivity index (χ4v) is 2.83. The Morgan fingerprint density at radius 3 is 2.67 bits per heavy atom. The lowest BCUT2D eigenvalue weighted by Crippen LogP contribution is -2.19. The van der Waals surface area contributed by atoms with Crippen molar-refractivity contribution in [2.24, 2.45) is 0 Å². The van der Waals surface area contributed by atoms with Gasteiger partial charge in [0.05, 0.1) is 11.9 Å². The third-order valence-electron chi connectivity index (χ3n) is 4.02. The molecule has 0 amide bonds. The number of hydrogen-bond acceptors (Lipinski definition) is 6. The molecule has 3 heterocycles. The van der Waals surface area contributed by atoms with Crippen molar-refractivity contribution in [3.8, 4) is 11.3 Å².